The van der Waals surface area contributed by atoms with E-state index >= 15 is 0 Å². The van der Waals surface area contributed by atoms with E-state index in [2.05, 4.69) is 0 Å². The van der Waals surface area contributed by atoms with Crippen LogP contribution >= 0.6 is 11.8 Å². The third-order valence-electron chi connectivity index (χ3n) is 3.14. The van der Waals surface area contributed by atoms with Gasteiger partial charge in [0.1, 0.15) is 6.04 Å². The Balaban J connectivity index is 2.25. The summed E-state index contributed by atoms with van der Waals surface area (Å²) in [5, 5.41) is 9.14. The molecule has 1 aromatic rings. The Hall–Kier alpha value is -1.89. The number of aliphatic carboxylic acids is 1. The van der Waals surface area contributed by atoms with Gasteiger partial charge in [0.2, 0.25) is 0 Å². The van der Waals surface area contributed by atoms with Crippen molar-refractivity contribution in [1.29, 1.82) is 0 Å². The number of rotatable bonds is 5. The summed E-state index contributed by atoms with van der Waals surface area (Å²) in [6, 6.07) is 4.08. The van der Waals surface area contributed by atoms with Crippen LogP contribution in [0.5, 0.6) is 11.5 Å². The maximum absolute atomic E-state index is 12.5. The Kier molecular flexibility index (Phi) is 4.95. The van der Waals surface area contributed by atoms with E-state index in [-0.39, 0.29) is 5.91 Å². The predicted molar refractivity (Wildman–Crippen MR) is 79.1 cm³/mol. The lowest BCUT2D eigenvalue weighted by molar-refractivity contribution is -0.140. The van der Waals surface area contributed by atoms with Crippen molar-refractivity contribution in [3.63, 3.8) is 0 Å². The van der Waals surface area contributed by atoms with E-state index in [0.29, 0.717) is 35.3 Å². The summed E-state index contributed by atoms with van der Waals surface area (Å²) in [4.78, 5) is 25.0. The summed E-state index contributed by atoms with van der Waals surface area (Å²) in [5.74, 6) is 0.518. The average Bonchev–Trinajstić information content (AvgIpc) is 2.97. The molecule has 21 heavy (non-hydrogen) atoms. The molecule has 1 saturated heterocycles. The molecule has 1 aromatic carbocycles. The molecule has 0 saturated carbocycles. The van der Waals surface area contributed by atoms with E-state index in [9.17, 15) is 9.59 Å². The number of carboxylic acids is 1. The number of ether oxygens (including phenoxy) is 2. The smallest absolute Gasteiger partial charge is 0.327 e. The zero-order chi connectivity index (χ0) is 15.4. The first-order valence-corrected chi connectivity index (χ1v) is 7.66. The van der Waals surface area contributed by atoms with Gasteiger partial charge in [-0.1, -0.05) is 0 Å². The van der Waals surface area contributed by atoms with Crippen molar-refractivity contribution in [3.8, 4) is 11.5 Å². The summed E-state index contributed by atoms with van der Waals surface area (Å²) < 4.78 is 10.6. The van der Waals surface area contributed by atoms with Gasteiger partial charge in [0.25, 0.3) is 5.91 Å². The number of carbonyl (C=O) groups excluding carboxylic acids is 1. The first kappa shape index (κ1) is 15.5. The standard InChI is InChI=1S/C14H17NO5S/c1-3-20-11-5-4-9(6-12(11)19-2)13(16)15-8-21-7-10(15)14(17)18/h4-6,10H,3,7-8H2,1-2H3,(H,17,18)/t10-/m0/s1. The van der Waals surface area contributed by atoms with Crippen LogP contribution in [-0.4, -0.2) is 53.3 Å². The Morgan fingerprint density at radius 2 is 2.19 bits per heavy atom. The van der Waals surface area contributed by atoms with E-state index < -0.39 is 12.0 Å². The number of hydrogen-bond donors (Lipinski definition) is 1. The van der Waals surface area contributed by atoms with Crippen molar-refractivity contribution in [1.82, 2.24) is 4.90 Å². The SMILES string of the molecule is CCOc1ccc(C(=O)N2CSC[C@H]2C(=O)O)cc1OC. The zero-order valence-corrected chi connectivity index (χ0v) is 12.7. The van der Waals surface area contributed by atoms with Crippen LogP contribution in [0.3, 0.4) is 0 Å². The number of benzene rings is 1. The third kappa shape index (κ3) is 3.24. The van der Waals surface area contributed by atoms with Crippen LogP contribution in [0.4, 0.5) is 0 Å². The normalized spacial score (nSPS) is 17.6. The lowest BCUT2D eigenvalue weighted by Crippen LogP contribution is -2.41. The second-order valence-corrected chi connectivity index (χ2v) is 5.43. The molecule has 7 heteroatoms. The molecule has 2 rings (SSSR count). The maximum atomic E-state index is 12.5. The van der Waals surface area contributed by atoms with Crippen molar-refractivity contribution >= 4 is 23.6 Å². The fourth-order valence-corrected chi connectivity index (χ4v) is 3.23. The number of nitrogens with zero attached hydrogens (tertiary/aromatic N) is 1. The molecule has 114 valence electrons. The molecule has 1 N–H and O–H groups in total. The average molecular weight is 311 g/mol. The minimum absolute atomic E-state index is 0.311. The van der Waals surface area contributed by atoms with Crippen LogP contribution in [0.25, 0.3) is 0 Å². The van der Waals surface area contributed by atoms with E-state index in [0.717, 1.165) is 0 Å². The fraction of sp³-hybridized carbons (Fsp3) is 0.429. The molecule has 0 bridgehead atoms. The maximum Gasteiger partial charge on any atom is 0.327 e. The van der Waals surface area contributed by atoms with Gasteiger partial charge in [-0.05, 0) is 25.1 Å². The summed E-state index contributed by atoms with van der Waals surface area (Å²) >= 11 is 1.43. The number of carboxylic acid groups (broad SMARTS) is 1. The van der Waals surface area contributed by atoms with Crippen LogP contribution in [0.15, 0.2) is 18.2 Å². The van der Waals surface area contributed by atoms with Gasteiger partial charge in [-0.15, -0.1) is 11.8 Å². The fourth-order valence-electron chi connectivity index (χ4n) is 2.09. The Bertz CT molecular complexity index is 548. The van der Waals surface area contributed by atoms with Crippen molar-refractivity contribution < 1.29 is 24.2 Å². The highest BCUT2D eigenvalue weighted by molar-refractivity contribution is 7.99. The lowest BCUT2D eigenvalue weighted by atomic mass is 10.1. The Morgan fingerprint density at radius 1 is 1.43 bits per heavy atom. The first-order chi connectivity index (χ1) is 10.1. The highest BCUT2D eigenvalue weighted by Gasteiger charge is 2.35. The van der Waals surface area contributed by atoms with Gasteiger partial charge in [-0.3, -0.25) is 4.79 Å². The molecule has 1 heterocycles. The number of hydrogen-bond acceptors (Lipinski definition) is 5. The van der Waals surface area contributed by atoms with E-state index in [4.69, 9.17) is 14.6 Å². The largest absolute Gasteiger partial charge is 0.493 e. The highest BCUT2D eigenvalue weighted by atomic mass is 32.2. The van der Waals surface area contributed by atoms with Crippen LogP contribution in [-0.2, 0) is 4.79 Å². The summed E-state index contributed by atoms with van der Waals surface area (Å²) in [5.41, 5.74) is 0.393. The number of amides is 1. The van der Waals surface area contributed by atoms with Gasteiger partial charge in [0.15, 0.2) is 11.5 Å². The second kappa shape index (κ2) is 6.71. The highest BCUT2D eigenvalue weighted by Crippen LogP contribution is 2.30. The topological polar surface area (TPSA) is 76.1 Å². The molecule has 0 radical (unpaired) electrons. The van der Waals surface area contributed by atoms with E-state index in [1.165, 1.54) is 23.8 Å². The molecule has 1 amide bonds. The van der Waals surface area contributed by atoms with Gasteiger partial charge in [0.05, 0.1) is 19.6 Å². The van der Waals surface area contributed by atoms with E-state index in [1.807, 2.05) is 6.92 Å². The van der Waals surface area contributed by atoms with Crippen molar-refractivity contribution in [2.24, 2.45) is 0 Å². The number of carbonyl (C=O) groups is 2. The van der Waals surface area contributed by atoms with Crippen LogP contribution in [0.1, 0.15) is 17.3 Å². The van der Waals surface area contributed by atoms with Gasteiger partial charge in [0, 0.05) is 11.3 Å². The summed E-state index contributed by atoms with van der Waals surface area (Å²) in [6.07, 6.45) is 0. The number of methoxy groups -OCH3 is 1. The molecular formula is C14H17NO5S. The molecule has 1 aliphatic rings. The Labute approximate surface area is 127 Å². The molecule has 1 fully saturated rings. The molecule has 1 aliphatic heterocycles. The summed E-state index contributed by atoms with van der Waals surface area (Å²) in [6.45, 7) is 2.35. The molecule has 0 spiro atoms. The lowest BCUT2D eigenvalue weighted by Gasteiger charge is -2.21. The van der Waals surface area contributed by atoms with Crippen LogP contribution in [0.2, 0.25) is 0 Å². The van der Waals surface area contributed by atoms with Gasteiger partial charge in [-0.2, -0.15) is 0 Å². The van der Waals surface area contributed by atoms with Crippen molar-refractivity contribution in [2.75, 3.05) is 25.3 Å². The molecule has 6 nitrogen and oxygen atoms in total. The Morgan fingerprint density at radius 3 is 2.81 bits per heavy atom. The molecule has 0 aromatic heterocycles. The molecule has 0 unspecified atom stereocenters. The minimum atomic E-state index is -0.980. The van der Waals surface area contributed by atoms with Crippen LogP contribution in [0, 0.1) is 0 Å². The van der Waals surface area contributed by atoms with E-state index in [1.54, 1.807) is 18.2 Å². The molecule has 0 aliphatic carbocycles. The first-order valence-electron chi connectivity index (χ1n) is 6.50. The van der Waals surface area contributed by atoms with Gasteiger partial charge < -0.3 is 19.5 Å². The van der Waals surface area contributed by atoms with Crippen molar-refractivity contribution in [2.45, 2.75) is 13.0 Å². The minimum Gasteiger partial charge on any atom is -0.493 e. The predicted octanol–water partition coefficient (Wildman–Crippen LogP) is 1.69. The molecular weight excluding hydrogens is 294 g/mol. The van der Waals surface area contributed by atoms with Crippen LogP contribution < -0.4 is 9.47 Å². The van der Waals surface area contributed by atoms with Gasteiger partial charge >= 0.3 is 5.97 Å². The molecule has 1 atom stereocenters. The number of thioether (sulfide) groups is 1. The van der Waals surface area contributed by atoms with Crippen molar-refractivity contribution in [3.05, 3.63) is 23.8 Å². The zero-order valence-electron chi connectivity index (χ0n) is 11.9. The monoisotopic (exact) mass is 311 g/mol. The summed E-state index contributed by atoms with van der Waals surface area (Å²) in [7, 11) is 1.50. The van der Waals surface area contributed by atoms with Gasteiger partial charge in [-0.25, -0.2) is 4.79 Å². The third-order valence-corrected chi connectivity index (χ3v) is 4.15. The quantitative estimate of drug-likeness (QED) is 0.892. The second-order valence-electron chi connectivity index (χ2n) is 4.43.